The minimum absolute atomic E-state index is 0.325. The first-order chi connectivity index (χ1) is 8.52. The van der Waals surface area contributed by atoms with Gasteiger partial charge < -0.3 is 15.7 Å². The first-order valence-electron chi connectivity index (χ1n) is 6.10. The van der Waals surface area contributed by atoms with E-state index in [0.29, 0.717) is 17.3 Å². The lowest BCUT2D eigenvalue weighted by molar-refractivity contribution is 0.0692. The van der Waals surface area contributed by atoms with E-state index < -0.39 is 11.8 Å². The number of nitrogens with two attached hydrogens (primary N) is 1. The fourth-order valence-electron chi connectivity index (χ4n) is 2.40. The summed E-state index contributed by atoms with van der Waals surface area (Å²) in [7, 11) is 0. The number of nitrogen functional groups attached to an aromatic ring is 1. The molecule has 0 saturated carbocycles. The molecular formula is C13H17FN2O2. The molecule has 3 N–H and O–H groups in total. The second-order valence-corrected chi connectivity index (χ2v) is 4.70. The fraction of sp³-hybridized carbons (Fsp3) is 0.462. The highest BCUT2D eigenvalue weighted by atomic mass is 19.1. The van der Waals surface area contributed by atoms with E-state index in [1.165, 1.54) is 12.1 Å². The second-order valence-electron chi connectivity index (χ2n) is 4.70. The van der Waals surface area contributed by atoms with Gasteiger partial charge in [-0.05, 0) is 18.4 Å². The van der Waals surface area contributed by atoms with Crippen LogP contribution in [0, 0.1) is 11.7 Å². The van der Waals surface area contributed by atoms with E-state index in [1.807, 2.05) is 4.90 Å². The molecule has 1 aliphatic rings. The Bertz CT molecular complexity index is 476. The molecule has 18 heavy (non-hydrogen) atoms. The smallest absolute Gasteiger partial charge is 0.338 e. The van der Waals surface area contributed by atoms with Crippen LogP contribution in [0.4, 0.5) is 15.8 Å². The van der Waals surface area contributed by atoms with Crippen LogP contribution < -0.4 is 10.6 Å². The Labute approximate surface area is 105 Å². The maximum atomic E-state index is 13.7. The zero-order chi connectivity index (χ0) is 13.3. The SMILES string of the molecule is CCC1CCN(c2cc(F)c(C(=O)O)cc2N)C1. The van der Waals surface area contributed by atoms with Crippen molar-refractivity contribution in [3.8, 4) is 0 Å². The maximum absolute atomic E-state index is 13.7. The third-order valence-electron chi connectivity index (χ3n) is 3.55. The summed E-state index contributed by atoms with van der Waals surface area (Å²) < 4.78 is 13.7. The van der Waals surface area contributed by atoms with Gasteiger partial charge in [-0.15, -0.1) is 0 Å². The number of halogens is 1. The lowest BCUT2D eigenvalue weighted by Crippen LogP contribution is -2.21. The molecule has 0 aromatic heterocycles. The van der Waals surface area contributed by atoms with E-state index in [9.17, 15) is 9.18 Å². The molecule has 1 fully saturated rings. The lowest BCUT2D eigenvalue weighted by atomic mass is 10.1. The molecule has 0 radical (unpaired) electrons. The van der Waals surface area contributed by atoms with E-state index in [0.717, 1.165) is 25.9 Å². The highest BCUT2D eigenvalue weighted by molar-refractivity contribution is 5.91. The molecule has 1 unspecified atom stereocenters. The molecule has 5 heteroatoms. The standard InChI is InChI=1S/C13H17FN2O2/c1-2-8-3-4-16(7-8)12-6-10(14)9(13(17)18)5-11(12)15/h5-6,8H,2-4,7,15H2,1H3,(H,17,18). The average Bonchev–Trinajstić information content (AvgIpc) is 2.79. The quantitative estimate of drug-likeness (QED) is 0.810. The van der Waals surface area contributed by atoms with Gasteiger partial charge in [0.05, 0.1) is 16.9 Å². The minimum Gasteiger partial charge on any atom is -0.478 e. The number of nitrogens with zero attached hydrogens (tertiary/aromatic N) is 1. The highest BCUT2D eigenvalue weighted by Crippen LogP contribution is 2.31. The number of benzene rings is 1. The molecule has 1 atom stereocenters. The Morgan fingerprint density at radius 2 is 2.33 bits per heavy atom. The molecule has 1 aromatic carbocycles. The van der Waals surface area contributed by atoms with Gasteiger partial charge in [-0.25, -0.2) is 9.18 Å². The van der Waals surface area contributed by atoms with Crippen molar-refractivity contribution in [1.82, 2.24) is 0 Å². The number of anilines is 2. The van der Waals surface area contributed by atoms with Gasteiger partial charge in [0.25, 0.3) is 0 Å². The van der Waals surface area contributed by atoms with Gasteiger partial charge in [0.2, 0.25) is 0 Å². The summed E-state index contributed by atoms with van der Waals surface area (Å²) in [5.74, 6) is -1.42. The van der Waals surface area contributed by atoms with E-state index in [2.05, 4.69) is 6.92 Å². The molecular weight excluding hydrogens is 235 g/mol. The average molecular weight is 252 g/mol. The number of carboxylic acids is 1. The second kappa shape index (κ2) is 4.84. The normalized spacial score (nSPS) is 19.2. The van der Waals surface area contributed by atoms with Gasteiger partial charge in [0.15, 0.2) is 0 Å². The molecule has 4 nitrogen and oxygen atoms in total. The fourth-order valence-corrected chi connectivity index (χ4v) is 2.40. The number of rotatable bonds is 3. The molecule has 0 amide bonds. The Kier molecular flexibility index (Phi) is 3.41. The first kappa shape index (κ1) is 12.7. The largest absolute Gasteiger partial charge is 0.478 e. The number of carboxylic acid groups (broad SMARTS) is 1. The molecule has 1 aliphatic heterocycles. The van der Waals surface area contributed by atoms with Crippen molar-refractivity contribution in [3.05, 3.63) is 23.5 Å². The third-order valence-corrected chi connectivity index (χ3v) is 3.55. The van der Waals surface area contributed by atoms with Crippen LogP contribution in [0.2, 0.25) is 0 Å². The zero-order valence-electron chi connectivity index (χ0n) is 10.3. The van der Waals surface area contributed by atoms with Crippen LogP contribution in [0.25, 0.3) is 0 Å². The molecule has 2 rings (SSSR count). The van der Waals surface area contributed by atoms with Crippen molar-refractivity contribution in [2.75, 3.05) is 23.7 Å². The Balaban J connectivity index is 2.30. The summed E-state index contributed by atoms with van der Waals surface area (Å²) in [6, 6.07) is 2.43. The van der Waals surface area contributed by atoms with Crippen molar-refractivity contribution in [1.29, 1.82) is 0 Å². The highest BCUT2D eigenvalue weighted by Gasteiger charge is 2.24. The minimum atomic E-state index is -1.29. The van der Waals surface area contributed by atoms with Crippen molar-refractivity contribution < 1.29 is 14.3 Å². The predicted octanol–water partition coefficient (Wildman–Crippen LogP) is 2.34. The Morgan fingerprint density at radius 1 is 1.61 bits per heavy atom. The van der Waals surface area contributed by atoms with Gasteiger partial charge in [-0.3, -0.25) is 0 Å². The van der Waals surface area contributed by atoms with Crippen LogP contribution in [0.5, 0.6) is 0 Å². The van der Waals surface area contributed by atoms with Crippen molar-refractivity contribution in [2.45, 2.75) is 19.8 Å². The molecule has 98 valence electrons. The summed E-state index contributed by atoms with van der Waals surface area (Å²) in [5, 5.41) is 8.82. The van der Waals surface area contributed by atoms with E-state index >= 15 is 0 Å². The van der Waals surface area contributed by atoms with E-state index in [4.69, 9.17) is 10.8 Å². The lowest BCUT2D eigenvalue weighted by Gasteiger charge is -2.21. The molecule has 1 heterocycles. The van der Waals surface area contributed by atoms with Gasteiger partial charge in [-0.1, -0.05) is 13.3 Å². The summed E-state index contributed by atoms with van der Waals surface area (Å²) in [5.41, 5.74) is 6.38. The molecule has 0 aliphatic carbocycles. The van der Waals surface area contributed by atoms with Gasteiger partial charge >= 0.3 is 5.97 Å². The summed E-state index contributed by atoms with van der Waals surface area (Å²) in [6.07, 6.45) is 2.16. The van der Waals surface area contributed by atoms with Gasteiger partial charge in [0, 0.05) is 19.2 Å². The van der Waals surface area contributed by atoms with E-state index in [1.54, 1.807) is 0 Å². The van der Waals surface area contributed by atoms with E-state index in [-0.39, 0.29) is 5.56 Å². The number of hydrogen-bond acceptors (Lipinski definition) is 3. The number of hydrogen-bond donors (Lipinski definition) is 2. The summed E-state index contributed by atoms with van der Waals surface area (Å²) >= 11 is 0. The van der Waals surface area contributed by atoms with Crippen LogP contribution in [-0.4, -0.2) is 24.2 Å². The Hall–Kier alpha value is -1.78. The van der Waals surface area contributed by atoms with Crippen molar-refractivity contribution >= 4 is 17.3 Å². The maximum Gasteiger partial charge on any atom is 0.338 e. The summed E-state index contributed by atoms with van der Waals surface area (Å²) in [6.45, 7) is 3.83. The molecule has 1 saturated heterocycles. The first-order valence-corrected chi connectivity index (χ1v) is 6.10. The Morgan fingerprint density at radius 3 is 2.89 bits per heavy atom. The molecule has 0 bridgehead atoms. The molecule has 1 aromatic rings. The monoisotopic (exact) mass is 252 g/mol. The van der Waals surface area contributed by atoms with Crippen molar-refractivity contribution in [3.63, 3.8) is 0 Å². The summed E-state index contributed by atoms with van der Waals surface area (Å²) in [4.78, 5) is 12.8. The van der Waals surface area contributed by atoms with Gasteiger partial charge in [-0.2, -0.15) is 0 Å². The predicted molar refractivity (Wildman–Crippen MR) is 68.4 cm³/mol. The van der Waals surface area contributed by atoms with Crippen LogP contribution in [0.15, 0.2) is 12.1 Å². The molecule has 0 spiro atoms. The number of aromatic carboxylic acids is 1. The third kappa shape index (κ3) is 2.25. The van der Waals surface area contributed by atoms with Crippen LogP contribution >= 0.6 is 0 Å². The van der Waals surface area contributed by atoms with Crippen LogP contribution in [-0.2, 0) is 0 Å². The zero-order valence-corrected chi connectivity index (χ0v) is 10.3. The number of carbonyl (C=O) groups is 1. The van der Waals surface area contributed by atoms with Crippen LogP contribution in [0.1, 0.15) is 30.1 Å². The topological polar surface area (TPSA) is 66.6 Å². The van der Waals surface area contributed by atoms with Crippen LogP contribution in [0.3, 0.4) is 0 Å². The van der Waals surface area contributed by atoms with Gasteiger partial charge in [0.1, 0.15) is 5.82 Å². The van der Waals surface area contributed by atoms with Crippen molar-refractivity contribution in [2.24, 2.45) is 5.92 Å².